The molecule has 0 aliphatic heterocycles. The van der Waals surface area contributed by atoms with Crippen molar-refractivity contribution in [2.45, 2.75) is 6.92 Å². The molecule has 0 aliphatic carbocycles. The van der Waals surface area contributed by atoms with Crippen molar-refractivity contribution in [2.75, 3.05) is 17.2 Å². The molecule has 92 valence electrons. The van der Waals surface area contributed by atoms with Gasteiger partial charge in [-0.25, -0.2) is 0 Å². The lowest BCUT2D eigenvalue weighted by Gasteiger charge is -2.06. The number of anilines is 3. The van der Waals surface area contributed by atoms with Gasteiger partial charge >= 0.3 is 0 Å². The Morgan fingerprint density at radius 3 is 2.78 bits per heavy atom. The summed E-state index contributed by atoms with van der Waals surface area (Å²) in [6, 6.07) is 8.00. The number of aryl methyl sites for hydroxylation is 1. The van der Waals surface area contributed by atoms with Gasteiger partial charge in [-0.15, -0.1) is 11.7 Å². The lowest BCUT2D eigenvalue weighted by Crippen LogP contribution is -2.05. The summed E-state index contributed by atoms with van der Waals surface area (Å²) in [4.78, 5) is 4.28. The van der Waals surface area contributed by atoms with Crippen molar-refractivity contribution in [2.24, 2.45) is 0 Å². The molecule has 0 spiro atoms. The highest BCUT2D eigenvalue weighted by molar-refractivity contribution is 5.54. The molecule has 5 heteroatoms. The predicted molar refractivity (Wildman–Crippen MR) is 73.0 cm³/mol. The largest absolute Gasteiger partial charge is 0.365 e. The van der Waals surface area contributed by atoms with Gasteiger partial charge in [-0.1, -0.05) is 23.8 Å². The third kappa shape index (κ3) is 3.28. The Balaban J connectivity index is 2.08. The first kappa shape index (κ1) is 12.0. The van der Waals surface area contributed by atoms with Crippen molar-refractivity contribution in [1.29, 1.82) is 0 Å². The van der Waals surface area contributed by atoms with Gasteiger partial charge < -0.3 is 10.6 Å². The van der Waals surface area contributed by atoms with Gasteiger partial charge in [-0.05, 0) is 19.1 Å². The molecular formula is C13H15N5. The van der Waals surface area contributed by atoms with Crippen molar-refractivity contribution in [3.8, 4) is 0 Å². The maximum absolute atomic E-state index is 4.28. The molecule has 0 amide bonds. The summed E-state index contributed by atoms with van der Waals surface area (Å²) in [5, 5.41) is 14.0. The Hall–Kier alpha value is -2.43. The fraction of sp³-hybridized carbons (Fsp3) is 0.154. The van der Waals surface area contributed by atoms with Crippen LogP contribution in [0.2, 0.25) is 0 Å². The average molecular weight is 241 g/mol. The maximum atomic E-state index is 4.28. The topological polar surface area (TPSA) is 62.7 Å². The zero-order chi connectivity index (χ0) is 12.8. The summed E-state index contributed by atoms with van der Waals surface area (Å²) in [5.74, 6) is 1.13. The molecule has 0 aliphatic rings. The first-order valence-corrected chi connectivity index (χ1v) is 5.66. The minimum atomic E-state index is 0.466. The van der Waals surface area contributed by atoms with Gasteiger partial charge in [-0.2, -0.15) is 10.1 Å². The smallest absolute Gasteiger partial charge is 0.249 e. The van der Waals surface area contributed by atoms with E-state index in [1.807, 2.05) is 31.2 Å². The number of nitrogens with one attached hydrogen (secondary N) is 2. The molecule has 0 fully saturated rings. The van der Waals surface area contributed by atoms with Crippen LogP contribution >= 0.6 is 0 Å². The number of hydrogen-bond donors (Lipinski definition) is 2. The second kappa shape index (κ2) is 5.77. The monoisotopic (exact) mass is 241 g/mol. The van der Waals surface area contributed by atoms with Gasteiger partial charge in [0, 0.05) is 12.2 Å². The maximum Gasteiger partial charge on any atom is 0.249 e. The lowest BCUT2D eigenvalue weighted by molar-refractivity contribution is 0.976. The van der Waals surface area contributed by atoms with E-state index in [-0.39, 0.29) is 0 Å². The second-order valence-electron chi connectivity index (χ2n) is 3.83. The molecule has 1 aromatic heterocycles. The van der Waals surface area contributed by atoms with Gasteiger partial charge in [0.05, 0.1) is 6.20 Å². The fourth-order valence-electron chi connectivity index (χ4n) is 1.38. The standard InChI is InChI=1S/C13H15N5/c1-3-8-14-12-9-15-18-13(17-12)16-11-6-4-10(2)5-7-11/h3-7,9H,1,8H2,2H3,(H2,14,16,17,18). The van der Waals surface area contributed by atoms with Gasteiger partial charge in [0.15, 0.2) is 5.82 Å². The minimum Gasteiger partial charge on any atom is -0.365 e. The number of nitrogens with zero attached hydrogens (tertiary/aromatic N) is 3. The van der Waals surface area contributed by atoms with Gasteiger partial charge in [0.25, 0.3) is 0 Å². The average Bonchev–Trinajstić information content (AvgIpc) is 2.40. The Morgan fingerprint density at radius 1 is 1.28 bits per heavy atom. The molecule has 2 N–H and O–H groups in total. The highest BCUT2D eigenvalue weighted by atomic mass is 15.3. The van der Waals surface area contributed by atoms with E-state index < -0.39 is 0 Å². The molecule has 0 saturated heterocycles. The van der Waals surface area contributed by atoms with E-state index in [0.29, 0.717) is 18.3 Å². The Kier molecular flexibility index (Phi) is 3.86. The van der Waals surface area contributed by atoms with Crippen molar-refractivity contribution >= 4 is 17.5 Å². The van der Waals surface area contributed by atoms with Crippen LogP contribution in [-0.4, -0.2) is 21.7 Å². The molecule has 0 bridgehead atoms. The van der Waals surface area contributed by atoms with E-state index in [9.17, 15) is 0 Å². The van der Waals surface area contributed by atoms with E-state index in [1.165, 1.54) is 5.56 Å². The van der Waals surface area contributed by atoms with E-state index >= 15 is 0 Å². The summed E-state index contributed by atoms with van der Waals surface area (Å²) in [6.07, 6.45) is 3.33. The Labute approximate surface area is 106 Å². The minimum absolute atomic E-state index is 0.466. The molecule has 0 saturated carbocycles. The Bertz CT molecular complexity index is 521. The third-order valence-corrected chi connectivity index (χ3v) is 2.29. The van der Waals surface area contributed by atoms with Gasteiger partial charge in [0.2, 0.25) is 5.95 Å². The van der Waals surface area contributed by atoms with E-state index in [4.69, 9.17) is 0 Å². The third-order valence-electron chi connectivity index (χ3n) is 2.29. The van der Waals surface area contributed by atoms with Crippen LogP contribution in [0.25, 0.3) is 0 Å². The van der Waals surface area contributed by atoms with Gasteiger partial charge in [-0.3, -0.25) is 0 Å². The van der Waals surface area contributed by atoms with Crippen LogP contribution < -0.4 is 10.6 Å². The summed E-state index contributed by atoms with van der Waals surface area (Å²) in [7, 11) is 0. The molecule has 0 unspecified atom stereocenters. The molecule has 1 aromatic carbocycles. The first-order valence-electron chi connectivity index (χ1n) is 5.66. The van der Waals surface area contributed by atoms with Crippen LogP contribution in [0.3, 0.4) is 0 Å². The molecule has 2 aromatic rings. The Morgan fingerprint density at radius 2 is 2.06 bits per heavy atom. The van der Waals surface area contributed by atoms with Crippen LogP contribution in [0.5, 0.6) is 0 Å². The number of benzene rings is 1. The summed E-state index contributed by atoms with van der Waals surface area (Å²) in [5.41, 5.74) is 2.14. The van der Waals surface area contributed by atoms with Crippen LogP contribution in [0.15, 0.2) is 43.1 Å². The lowest BCUT2D eigenvalue weighted by atomic mass is 10.2. The zero-order valence-electron chi connectivity index (χ0n) is 10.2. The number of hydrogen-bond acceptors (Lipinski definition) is 5. The van der Waals surface area contributed by atoms with Crippen LogP contribution in [0, 0.1) is 6.92 Å². The molecule has 2 rings (SSSR count). The SMILES string of the molecule is C=CCNc1cnnc(Nc2ccc(C)cc2)n1. The molecule has 0 atom stereocenters. The molecule has 0 radical (unpaired) electrons. The van der Waals surface area contributed by atoms with Gasteiger partial charge in [0.1, 0.15) is 0 Å². The quantitative estimate of drug-likeness (QED) is 0.787. The van der Waals surface area contributed by atoms with E-state index in [1.54, 1.807) is 12.3 Å². The van der Waals surface area contributed by atoms with E-state index in [2.05, 4.69) is 32.4 Å². The normalized spacial score (nSPS) is 9.83. The van der Waals surface area contributed by atoms with Crippen LogP contribution in [-0.2, 0) is 0 Å². The number of aromatic nitrogens is 3. The van der Waals surface area contributed by atoms with Crippen molar-refractivity contribution in [3.63, 3.8) is 0 Å². The molecular weight excluding hydrogens is 226 g/mol. The van der Waals surface area contributed by atoms with Crippen LogP contribution in [0.1, 0.15) is 5.56 Å². The highest BCUT2D eigenvalue weighted by Gasteiger charge is 2.00. The molecule has 18 heavy (non-hydrogen) atoms. The van der Waals surface area contributed by atoms with E-state index in [0.717, 1.165) is 5.69 Å². The molecule has 5 nitrogen and oxygen atoms in total. The predicted octanol–water partition coefficient (Wildman–Crippen LogP) is 2.52. The molecule has 1 heterocycles. The summed E-state index contributed by atoms with van der Waals surface area (Å²) in [6.45, 7) is 6.32. The fourth-order valence-corrected chi connectivity index (χ4v) is 1.38. The second-order valence-corrected chi connectivity index (χ2v) is 3.83. The van der Waals surface area contributed by atoms with Crippen molar-refractivity contribution < 1.29 is 0 Å². The number of rotatable bonds is 5. The van der Waals surface area contributed by atoms with Crippen molar-refractivity contribution in [1.82, 2.24) is 15.2 Å². The zero-order valence-corrected chi connectivity index (χ0v) is 10.2. The van der Waals surface area contributed by atoms with Crippen LogP contribution in [0.4, 0.5) is 17.5 Å². The first-order chi connectivity index (χ1) is 8.78. The van der Waals surface area contributed by atoms with Crippen molar-refractivity contribution in [3.05, 3.63) is 48.7 Å². The highest BCUT2D eigenvalue weighted by Crippen LogP contribution is 2.13. The summed E-state index contributed by atoms with van der Waals surface area (Å²) >= 11 is 0. The summed E-state index contributed by atoms with van der Waals surface area (Å²) < 4.78 is 0.